The molecule has 0 bridgehead atoms. The highest BCUT2D eigenvalue weighted by atomic mass is 19.2. The molecule has 0 saturated carbocycles. The van der Waals surface area contributed by atoms with Gasteiger partial charge in [-0.3, -0.25) is 4.79 Å². The predicted octanol–water partition coefficient (Wildman–Crippen LogP) is 0.928. The molecule has 0 aromatic heterocycles. The number of hydrogen-bond acceptors (Lipinski definition) is 3. The number of carbonyl (C=O) groups excluding carboxylic acids is 1. The number of anilines is 1. The number of benzene rings is 1. The third-order valence-electron chi connectivity index (χ3n) is 1.69. The Morgan fingerprint density at radius 2 is 1.71 bits per heavy atom. The third kappa shape index (κ3) is 2.44. The first-order valence-electron chi connectivity index (χ1n) is 4.00. The van der Waals surface area contributed by atoms with Crippen LogP contribution in [0, 0.1) is 23.3 Å². The molecule has 0 saturated heterocycles. The SMILES string of the molecule is N/C(=N/O)C(=O)Nc1c(F)c(F)cc(F)c1F. The lowest BCUT2D eigenvalue weighted by molar-refractivity contribution is -0.110. The van der Waals surface area contributed by atoms with Gasteiger partial charge in [-0.15, -0.1) is 0 Å². The monoisotopic (exact) mass is 251 g/mol. The molecule has 0 fully saturated rings. The lowest BCUT2D eigenvalue weighted by Crippen LogP contribution is -2.31. The maximum atomic E-state index is 13.0. The van der Waals surface area contributed by atoms with Gasteiger partial charge in [0.05, 0.1) is 0 Å². The summed E-state index contributed by atoms with van der Waals surface area (Å²) in [5, 5.41) is 11.8. The van der Waals surface area contributed by atoms with Gasteiger partial charge < -0.3 is 16.3 Å². The standard InChI is InChI=1S/C8H5F4N3O2/c9-2-1-3(10)5(12)6(4(2)11)14-8(16)7(13)15-17/h1,17H,(H2,13,15)(H,14,16). The lowest BCUT2D eigenvalue weighted by Gasteiger charge is -2.07. The molecule has 0 heterocycles. The second kappa shape index (κ2) is 4.68. The van der Waals surface area contributed by atoms with Crippen LogP contribution < -0.4 is 11.1 Å². The van der Waals surface area contributed by atoms with Gasteiger partial charge in [-0.05, 0) is 0 Å². The maximum Gasteiger partial charge on any atom is 0.294 e. The lowest BCUT2D eigenvalue weighted by atomic mass is 10.2. The van der Waals surface area contributed by atoms with E-state index in [4.69, 9.17) is 10.9 Å². The van der Waals surface area contributed by atoms with Gasteiger partial charge in [0.2, 0.25) is 5.84 Å². The van der Waals surface area contributed by atoms with E-state index in [0.717, 1.165) is 0 Å². The minimum absolute atomic E-state index is 0.0240. The van der Waals surface area contributed by atoms with Gasteiger partial charge in [0.1, 0.15) is 5.69 Å². The second-order valence-corrected chi connectivity index (χ2v) is 2.78. The predicted molar refractivity (Wildman–Crippen MR) is 48.3 cm³/mol. The van der Waals surface area contributed by atoms with Gasteiger partial charge in [0.15, 0.2) is 23.3 Å². The summed E-state index contributed by atoms with van der Waals surface area (Å²) in [6.45, 7) is 0. The Balaban J connectivity index is 3.19. The van der Waals surface area contributed by atoms with Crippen LogP contribution in [0.25, 0.3) is 0 Å². The molecule has 0 aliphatic carbocycles. The van der Waals surface area contributed by atoms with Crippen LogP contribution in [0.15, 0.2) is 11.2 Å². The van der Waals surface area contributed by atoms with E-state index in [1.807, 2.05) is 0 Å². The van der Waals surface area contributed by atoms with E-state index in [-0.39, 0.29) is 6.07 Å². The number of rotatable bonds is 1. The highest BCUT2D eigenvalue weighted by molar-refractivity contribution is 6.41. The van der Waals surface area contributed by atoms with Gasteiger partial charge in [-0.1, -0.05) is 5.16 Å². The van der Waals surface area contributed by atoms with Crippen LogP contribution in [0.4, 0.5) is 23.2 Å². The first-order valence-corrected chi connectivity index (χ1v) is 4.00. The fourth-order valence-corrected chi connectivity index (χ4v) is 0.906. The molecule has 92 valence electrons. The molecule has 9 heteroatoms. The number of halogens is 4. The Hall–Kier alpha value is -2.32. The van der Waals surface area contributed by atoms with Crippen molar-refractivity contribution in [2.75, 3.05) is 5.32 Å². The number of oxime groups is 1. The van der Waals surface area contributed by atoms with E-state index >= 15 is 0 Å². The van der Waals surface area contributed by atoms with Gasteiger partial charge in [0.25, 0.3) is 5.91 Å². The van der Waals surface area contributed by atoms with Crippen molar-refractivity contribution < 1.29 is 27.6 Å². The van der Waals surface area contributed by atoms with Crippen LogP contribution >= 0.6 is 0 Å². The Bertz CT molecular complexity index is 478. The molecular weight excluding hydrogens is 246 g/mol. The van der Waals surface area contributed by atoms with Crippen LogP contribution in [0.1, 0.15) is 0 Å². The molecule has 0 radical (unpaired) electrons. The molecule has 0 aliphatic rings. The van der Waals surface area contributed by atoms with E-state index < -0.39 is 40.7 Å². The van der Waals surface area contributed by atoms with Crippen molar-refractivity contribution >= 4 is 17.4 Å². The van der Waals surface area contributed by atoms with Crippen LogP contribution in [0.2, 0.25) is 0 Å². The highest BCUT2D eigenvalue weighted by Gasteiger charge is 2.21. The van der Waals surface area contributed by atoms with E-state index in [2.05, 4.69) is 5.16 Å². The summed E-state index contributed by atoms with van der Waals surface area (Å²) in [7, 11) is 0. The minimum atomic E-state index is -1.80. The quantitative estimate of drug-likeness (QED) is 0.173. The van der Waals surface area contributed by atoms with Gasteiger partial charge in [-0.25, -0.2) is 17.6 Å². The third-order valence-corrected chi connectivity index (χ3v) is 1.69. The normalized spacial score (nSPS) is 11.4. The van der Waals surface area contributed by atoms with Crippen molar-refractivity contribution in [1.82, 2.24) is 0 Å². The number of hydrogen-bond donors (Lipinski definition) is 3. The van der Waals surface area contributed by atoms with E-state index in [9.17, 15) is 22.4 Å². The zero-order chi connectivity index (χ0) is 13.2. The number of nitrogens with zero attached hydrogens (tertiary/aromatic N) is 1. The molecule has 0 spiro atoms. The molecular formula is C8H5F4N3O2. The van der Waals surface area contributed by atoms with Gasteiger partial charge in [0, 0.05) is 6.07 Å². The first kappa shape index (κ1) is 12.7. The first-order chi connectivity index (χ1) is 7.88. The highest BCUT2D eigenvalue weighted by Crippen LogP contribution is 2.23. The largest absolute Gasteiger partial charge is 0.409 e. The number of amidine groups is 1. The fraction of sp³-hybridized carbons (Fsp3) is 0. The topological polar surface area (TPSA) is 87.7 Å². The average Bonchev–Trinajstić information content (AvgIpc) is 2.30. The molecule has 1 aromatic rings. The summed E-state index contributed by atoms with van der Waals surface area (Å²) in [5.41, 5.74) is 3.43. The van der Waals surface area contributed by atoms with Gasteiger partial charge >= 0.3 is 0 Å². The number of amides is 1. The maximum absolute atomic E-state index is 13.0. The second-order valence-electron chi connectivity index (χ2n) is 2.78. The fourth-order valence-electron chi connectivity index (χ4n) is 0.906. The zero-order valence-corrected chi connectivity index (χ0v) is 7.97. The number of nitrogens with one attached hydrogen (secondary N) is 1. The molecule has 0 atom stereocenters. The molecule has 4 N–H and O–H groups in total. The minimum Gasteiger partial charge on any atom is -0.409 e. The van der Waals surface area contributed by atoms with Crippen molar-refractivity contribution in [2.45, 2.75) is 0 Å². The molecule has 0 unspecified atom stereocenters. The van der Waals surface area contributed by atoms with Crippen molar-refractivity contribution in [3.05, 3.63) is 29.3 Å². The van der Waals surface area contributed by atoms with Gasteiger partial charge in [-0.2, -0.15) is 0 Å². The Morgan fingerprint density at radius 3 is 2.12 bits per heavy atom. The summed E-state index contributed by atoms with van der Waals surface area (Å²) >= 11 is 0. The molecule has 0 aliphatic heterocycles. The van der Waals surface area contributed by atoms with E-state index in [1.54, 1.807) is 0 Å². The van der Waals surface area contributed by atoms with Crippen molar-refractivity contribution in [3.63, 3.8) is 0 Å². The summed E-state index contributed by atoms with van der Waals surface area (Å²) in [6, 6.07) is -0.0240. The van der Waals surface area contributed by atoms with Crippen LogP contribution in [0.3, 0.4) is 0 Å². The molecule has 5 nitrogen and oxygen atoms in total. The molecule has 1 rings (SSSR count). The summed E-state index contributed by atoms with van der Waals surface area (Å²) in [6.07, 6.45) is 0. The number of carbonyl (C=O) groups is 1. The average molecular weight is 251 g/mol. The van der Waals surface area contributed by atoms with Crippen molar-refractivity contribution in [2.24, 2.45) is 10.9 Å². The zero-order valence-electron chi connectivity index (χ0n) is 7.97. The summed E-state index contributed by atoms with van der Waals surface area (Å²) in [5.74, 6) is -9.45. The Labute approximate surface area is 91.5 Å². The number of nitrogens with two attached hydrogens (primary N) is 1. The van der Waals surface area contributed by atoms with E-state index in [0.29, 0.717) is 0 Å². The smallest absolute Gasteiger partial charge is 0.294 e. The summed E-state index contributed by atoms with van der Waals surface area (Å²) < 4.78 is 51.5. The van der Waals surface area contributed by atoms with Crippen LogP contribution in [-0.4, -0.2) is 17.0 Å². The van der Waals surface area contributed by atoms with Crippen molar-refractivity contribution in [1.29, 1.82) is 0 Å². The summed E-state index contributed by atoms with van der Waals surface area (Å²) in [4.78, 5) is 11.0. The Kier molecular flexibility index (Phi) is 3.51. The van der Waals surface area contributed by atoms with Crippen LogP contribution in [-0.2, 0) is 4.79 Å². The molecule has 1 aromatic carbocycles. The molecule has 17 heavy (non-hydrogen) atoms. The molecule has 1 amide bonds. The van der Waals surface area contributed by atoms with Crippen molar-refractivity contribution in [3.8, 4) is 0 Å². The van der Waals surface area contributed by atoms with E-state index in [1.165, 1.54) is 5.32 Å². The van der Waals surface area contributed by atoms with Crippen LogP contribution in [0.5, 0.6) is 0 Å². The Morgan fingerprint density at radius 1 is 1.24 bits per heavy atom.